The van der Waals surface area contributed by atoms with Gasteiger partial charge < -0.3 is 13.9 Å². The molecule has 0 radical (unpaired) electrons. The lowest BCUT2D eigenvalue weighted by Gasteiger charge is -2.38. The van der Waals surface area contributed by atoms with Gasteiger partial charge in [-0.15, -0.1) is 0 Å². The maximum absolute atomic E-state index is 14.0. The number of benzene rings is 2. The van der Waals surface area contributed by atoms with Gasteiger partial charge in [-0.25, -0.2) is 0 Å². The molecule has 0 spiro atoms. The lowest BCUT2D eigenvalue weighted by atomic mass is 10.0. The van der Waals surface area contributed by atoms with E-state index in [1.807, 2.05) is 66.9 Å². The van der Waals surface area contributed by atoms with Gasteiger partial charge in [0.2, 0.25) is 5.91 Å². The van der Waals surface area contributed by atoms with Crippen molar-refractivity contribution in [3.05, 3.63) is 107 Å². The van der Waals surface area contributed by atoms with Crippen LogP contribution in [0.5, 0.6) is 0 Å². The van der Waals surface area contributed by atoms with E-state index in [0.29, 0.717) is 11.3 Å². The molecule has 3 heterocycles. The Kier molecular flexibility index (Phi) is 5.14. The highest BCUT2D eigenvalue weighted by molar-refractivity contribution is 9.10. The SMILES string of the molecule is O=C(c1cccc(Br)c1)N(CC(=O)N1c2ccccc2-n2cccc2C1c1ccco1)C1CC1. The first-order chi connectivity index (χ1) is 16.6. The van der Waals surface area contributed by atoms with Crippen molar-refractivity contribution in [2.24, 2.45) is 0 Å². The molecule has 1 atom stereocenters. The van der Waals surface area contributed by atoms with Gasteiger partial charge in [0, 0.05) is 22.3 Å². The number of furan rings is 1. The van der Waals surface area contributed by atoms with Gasteiger partial charge in [-0.2, -0.15) is 0 Å². The number of rotatable bonds is 5. The number of hydrogen-bond donors (Lipinski definition) is 0. The Morgan fingerprint density at radius 2 is 1.79 bits per heavy atom. The van der Waals surface area contributed by atoms with Crippen molar-refractivity contribution in [3.8, 4) is 5.69 Å². The van der Waals surface area contributed by atoms with E-state index in [1.54, 1.807) is 28.2 Å². The number of carbonyl (C=O) groups is 2. The Morgan fingerprint density at radius 1 is 0.971 bits per heavy atom. The Morgan fingerprint density at radius 3 is 2.53 bits per heavy atom. The Bertz CT molecular complexity index is 1370. The van der Waals surface area contributed by atoms with Crippen molar-refractivity contribution < 1.29 is 14.0 Å². The predicted molar refractivity (Wildman–Crippen MR) is 132 cm³/mol. The van der Waals surface area contributed by atoms with Gasteiger partial charge in [-0.3, -0.25) is 14.5 Å². The van der Waals surface area contributed by atoms with Crippen LogP contribution in [0, 0.1) is 0 Å². The summed E-state index contributed by atoms with van der Waals surface area (Å²) in [5, 5.41) is 0. The van der Waals surface area contributed by atoms with Gasteiger partial charge in [0.15, 0.2) is 0 Å². The van der Waals surface area contributed by atoms with E-state index < -0.39 is 6.04 Å². The summed E-state index contributed by atoms with van der Waals surface area (Å²) in [6.45, 7) is 0.00225. The number of halogens is 1. The van der Waals surface area contributed by atoms with E-state index in [9.17, 15) is 9.59 Å². The van der Waals surface area contributed by atoms with Gasteiger partial charge >= 0.3 is 0 Å². The van der Waals surface area contributed by atoms with Gasteiger partial charge in [-0.1, -0.05) is 34.1 Å². The zero-order valence-corrected chi connectivity index (χ0v) is 19.9. The minimum absolute atomic E-state index is 0.00225. The second kappa shape index (κ2) is 8.33. The fourth-order valence-electron chi connectivity index (χ4n) is 4.74. The minimum atomic E-state index is -0.422. The lowest BCUT2D eigenvalue weighted by Crippen LogP contribution is -2.47. The van der Waals surface area contributed by atoms with Crippen LogP contribution in [-0.2, 0) is 4.79 Å². The highest BCUT2D eigenvalue weighted by Crippen LogP contribution is 2.42. The van der Waals surface area contributed by atoms with Crippen LogP contribution >= 0.6 is 15.9 Å². The molecular weight excluding hydrogens is 494 g/mol. The maximum atomic E-state index is 14.0. The van der Waals surface area contributed by atoms with E-state index in [4.69, 9.17) is 4.42 Å². The lowest BCUT2D eigenvalue weighted by molar-refractivity contribution is -0.120. The van der Waals surface area contributed by atoms with Crippen LogP contribution in [0.1, 0.15) is 40.7 Å². The standard InChI is InChI=1S/C27H22BrN3O3/c28-19-7-3-6-18(16-19)27(33)30(20-12-13-20)17-25(32)31-22-9-2-1-8-21(22)29-14-4-10-23(29)26(31)24-11-5-15-34-24/h1-11,14-16,20,26H,12-13,17H2. The van der Waals surface area contributed by atoms with Crippen molar-refractivity contribution in [3.63, 3.8) is 0 Å². The minimum Gasteiger partial charge on any atom is -0.467 e. The van der Waals surface area contributed by atoms with Crippen molar-refractivity contribution in [2.45, 2.75) is 24.9 Å². The van der Waals surface area contributed by atoms with Crippen LogP contribution in [0.2, 0.25) is 0 Å². The zero-order chi connectivity index (χ0) is 23.2. The van der Waals surface area contributed by atoms with E-state index >= 15 is 0 Å². The quantitative estimate of drug-likeness (QED) is 0.349. The summed E-state index contributed by atoms with van der Waals surface area (Å²) in [7, 11) is 0. The zero-order valence-electron chi connectivity index (χ0n) is 18.3. The predicted octanol–water partition coefficient (Wildman–Crippen LogP) is 5.57. The third kappa shape index (κ3) is 3.56. The molecule has 6 nitrogen and oxygen atoms in total. The van der Waals surface area contributed by atoms with Crippen molar-refractivity contribution >= 4 is 33.4 Å². The second-order valence-corrected chi connectivity index (χ2v) is 9.56. The summed E-state index contributed by atoms with van der Waals surface area (Å²) in [5.41, 5.74) is 3.24. The summed E-state index contributed by atoms with van der Waals surface area (Å²) in [6.07, 6.45) is 5.44. The molecule has 4 aromatic rings. The molecule has 2 aromatic heterocycles. The first-order valence-electron chi connectivity index (χ1n) is 11.3. The molecule has 170 valence electrons. The van der Waals surface area contributed by atoms with Gasteiger partial charge in [-0.05, 0) is 67.4 Å². The molecule has 1 unspecified atom stereocenters. The summed E-state index contributed by atoms with van der Waals surface area (Å²) >= 11 is 3.45. The van der Waals surface area contributed by atoms with Crippen LogP contribution in [0.25, 0.3) is 5.69 Å². The molecule has 1 saturated carbocycles. The number of carbonyl (C=O) groups excluding carboxylic acids is 2. The summed E-state index contributed by atoms with van der Waals surface area (Å²) in [6, 6.07) is 22.5. The number of fused-ring (bicyclic) bond motifs is 3. The Hall–Kier alpha value is -3.58. The Balaban J connectivity index is 1.39. The average Bonchev–Trinajstić information content (AvgIpc) is 3.32. The molecule has 1 aliphatic carbocycles. The van der Waals surface area contributed by atoms with Crippen molar-refractivity contribution in [1.82, 2.24) is 9.47 Å². The smallest absolute Gasteiger partial charge is 0.254 e. The average molecular weight is 516 g/mol. The topological polar surface area (TPSA) is 58.7 Å². The third-order valence-electron chi connectivity index (χ3n) is 6.43. The molecule has 0 saturated heterocycles. The molecule has 0 bridgehead atoms. The molecule has 6 rings (SSSR count). The van der Waals surface area contributed by atoms with Crippen LogP contribution < -0.4 is 4.90 Å². The fourth-order valence-corrected chi connectivity index (χ4v) is 5.14. The first kappa shape index (κ1) is 21.0. The highest BCUT2D eigenvalue weighted by atomic mass is 79.9. The molecule has 1 aliphatic heterocycles. The largest absolute Gasteiger partial charge is 0.467 e. The first-order valence-corrected chi connectivity index (χ1v) is 12.1. The number of para-hydroxylation sites is 2. The van der Waals surface area contributed by atoms with E-state index in [1.165, 1.54) is 0 Å². The Labute approximate surface area is 205 Å². The summed E-state index contributed by atoms with van der Waals surface area (Å²) < 4.78 is 8.73. The molecule has 7 heteroatoms. The molecule has 34 heavy (non-hydrogen) atoms. The van der Waals surface area contributed by atoms with Gasteiger partial charge in [0.1, 0.15) is 18.3 Å². The van der Waals surface area contributed by atoms with Crippen LogP contribution in [0.3, 0.4) is 0 Å². The van der Waals surface area contributed by atoms with Crippen LogP contribution in [0.15, 0.2) is 94.1 Å². The summed E-state index contributed by atoms with van der Waals surface area (Å²) in [4.78, 5) is 30.9. The van der Waals surface area contributed by atoms with E-state index in [-0.39, 0.29) is 24.4 Å². The van der Waals surface area contributed by atoms with E-state index in [0.717, 1.165) is 34.4 Å². The molecule has 2 amide bonds. The number of amides is 2. The van der Waals surface area contributed by atoms with Gasteiger partial charge in [0.25, 0.3) is 5.91 Å². The van der Waals surface area contributed by atoms with Gasteiger partial charge in [0.05, 0.1) is 23.3 Å². The van der Waals surface area contributed by atoms with E-state index in [2.05, 4.69) is 20.5 Å². The molecule has 0 N–H and O–H groups in total. The highest BCUT2D eigenvalue weighted by Gasteiger charge is 2.41. The third-order valence-corrected chi connectivity index (χ3v) is 6.92. The number of hydrogen-bond acceptors (Lipinski definition) is 3. The molecular formula is C27H22BrN3O3. The number of anilines is 1. The van der Waals surface area contributed by atoms with Crippen LogP contribution in [-0.4, -0.2) is 33.9 Å². The normalized spacial score (nSPS) is 16.6. The van der Waals surface area contributed by atoms with Crippen LogP contribution in [0.4, 0.5) is 5.69 Å². The maximum Gasteiger partial charge on any atom is 0.254 e. The van der Waals surface area contributed by atoms with Crippen molar-refractivity contribution in [2.75, 3.05) is 11.4 Å². The summed E-state index contributed by atoms with van der Waals surface area (Å²) in [5.74, 6) is 0.413. The number of nitrogens with zero attached hydrogens (tertiary/aromatic N) is 3. The second-order valence-electron chi connectivity index (χ2n) is 8.65. The van der Waals surface area contributed by atoms with Crippen molar-refractivity contribution in [1.29, 1.82) is 0 Å². The molecule has 2 aromatic carbocycles. The molecule has 2 aliphatic rings. The molecule has 1 fully saturated rings. The monoisotopic (exact) mass is 515 g/mol. The number of aromatic nitrogens is 1. The fraction of sp³-hybridized carbons (Fsp3) is 0.185.